The third-order valence-corrected chi connectivity index (χ3v) is 2.20. The lowest BCUT2D eigenvalue weighted by Gasteiger charge is -2.11. The largest absolute Gasteiger partial charge is 0.416 e. The van der Waals surface area contributed by atoms with E-state index in [4.69, 9.17) is 5.21 Å². The third kappa shape index (κ3) is 4.59. The summed E-state index contributed by atoms with van der Waals surface area (Å²) in [5, 5.41) is 11.3. The molecule has 0 atom stereocenters. The molecule has 8 heteroatoms. The molecule has 0 aliphatic rings. The Labute approximate surface area is 106 Å². The number of amides is 2. The van der Waals surface area contributed by atoms with Crippen molar-refractivity contribution in [2.45, 2.75) is 6.18 Å². The van der Waals surface area contributed by atoms with Gasteiger partial charge in [0.05, 0.1) is 12.1 Å². The first-order valence-corrected chi connectivity index (χ1v) is 5.21. The summed E-state index contributed by atoms with van der Waals surface area (Å²) in [5.74, 6) is -0.717. The number of hydroxylamine groups is 2. The molecule has 5 nitrogen and oxygen atoms in total. The van der Waals surface area contributed by atoms with Crippen LogP contribution in [0, 0.1) is 0 Å². The van der Waals surface area contributed by atoms with E-state index >= 15 is 0 Å². The van der Waals surface area contributed by atoms with Gasteiger partial charge in [0.2, 0.25) is 6.41 Å². The number of halogens is 3. The van der Waals surface area contributed by atoms with Crippen LogP contribution >= 0.6 is 0 Å². The van der Waals surface area contributed by atoms with Gasteiger partial charge in [-0.1, -0.05) is 6.07 Å². The van der Waals surface area contributed by atoms with Crippen molar-refractivity contribution in [1.82, 2.24) is 10.4 Å². The summed E-state index contributed by atoms with van der Waals surface area (Å²) in [6.07, 6.45) is -4.37. The van der Waals surface area contributed by atoms with E-state index in [0.717, 1.165) is 18.2 Å². The number of carbonyl (C=O) groups excluding carboxylic acids is 2. The number of nitrogens with one attached hydrogen (secondary N) is 1. The maximum atomic E-state index is 12.4. The summed E-state index contributed by atoms with van der Waals surface area (Å²) in [6.45, 7) is -0.238. The Hall–Kier alpha value is -2.09. The predicted octanol–water partition coefficient (Wildman–Crippen LogP) is 1.28. The first-order chi connectivity index (χ1) is 8.84. The molecule has 0 aliphatic heterocycles. The highest BCUT2D eigenvalue weighted by molar-refractivity contribution is 5.94. The van der Waals surface area contributed by atoms with E-state index in [2.05, 4.69) is 5.32 Å². The average Bonchev–Trinajstić information content (AvgIpc) is 2.37. The number of hydrogen-bond donors (Lipinski definition) is 2. The van der Waals surface area contributed by atoms with E-state index in [9.17, 15) is 22.8 Å². The Bertz CT molecular complexity index is 463. The fourth-order valence-corrected chi connectivity index (χ4v) is 1.28. The van der Waals surface area contributed by atoms with Gasteiger partial charge in [-0.2, -0.15) is 13.2 Å². The van der Waals surface area contributed by atoms with Crippen molar-refractivity contribution >= 4 is 12.3 Å². The number of nitrogens with zero attached hydrogens (tertiary/aromatic N) is 1. The molecule has 0 spiro atoms. The van der Waals surface area contributed by atoms with Crippen LogP contribution in [0.2, 0.25) is 0 Å². The fraction of sp³-hybridized carbons (Fsp3) is 0.273. The van der Waals surface area contributed by atoms with Gasteiger partial charge in [0.25, 0.3) is 5.91 Å². The summed E-state index contributed by atoms with van der Waals surface area (Å²) in [7, 11) is 0. The van der Waals surface area contributed by atoms with Crippen molar-refractivity contribution in [2.75, 3.05) is 13.1 Å². The van der Waals surface area contributed by atoms with E-state index in [1.165, 1.54) is 6.07 Å². The van der Waals surface area contributed by atoms with Crippen LogP contribution in [0.25, 0.3) is 0 Å². The number of rotatable bonds is 5. The van der Waals surface area contributed by atoms with Crippen LogP contribution in [0.3, 0.4) is 0 Å². The fourth-order valence-electron chi connectivity index (χ4n) is 1.28. The monoisotopic (exact) mass is 276 g/mol. The molecule has 2 N–H and O–H groups in total. The zero-order valence-corrected chi connectivity index (χ0v) is 9.65. The second-order valence-electron chi connectivity index (χ2n) is 3.60. The first kappa shape index (κ1) is 15.0. The van der Waals surface area contributed by atoms with Crippen LogP contribution in [0.1, 0.15) is 15.9 Å². The van der Waals surface area contributed by atoms with Gasteiger partial charge in [-0.3, -0.25) is 14.8 Å². The summed E-state index contributed by atoms with van der Waals surface area (Å²) >= 11 is 0. The second-order valence-corrected chi connectivity index (χ2v) is 3.60. The van der Waals surface area contributed by atoms with E-state index < -0.39 is 17.6 Å². The number of alkyl halides is 3. The highest BCUT2D eigenvalue weighted by Crippen LogP contribution is 2.29. The molecular formula is C11H11F3N2O3. The third-order valence-electron chi connectivity index (χ3n) is 2.20. The summed E-state index contributed by atoms with van der Waals surface area (Å²) in [4.78, 5) is 21.6. The van der Waals surface area contributed by atoms with Gasteiger partial charge in [-0.15, -0.1) is 0 Å². The minimum Gasteiger partial charge on any atom is -0.350 e. The predicted molar refractivity (Wildman–Crippen MR) is 58.3 cm³/mol. The Kier molecular flexibility index (Phi) is 4.87. The molecule has 0 saturated carbocycles. The second kappa shape index (κ2) is 6.19. The normalized spacial score (nSPS) is 10.9. The zero-order valence-electron chi connectivity index (χ0n) is 9.65. The van der Waals surface area contributed by atoms with Gasteiger partial charge in [0.15, 0.2) is 0 Å². The van der Waals surface area contributed by atoms with Gasteiger partial charge in [0, 0.05) is 12.1 Å². The summed E-state index contributed by atoms with van der Waals surface area (Å²) < 4.78 is 37.3. The molecule has 1 aromatic carbocycles. The van der Waals surface area contributed by atoms with E-state index in [-0.39, 0.29) is 25.1 Å². The zero-order chi connectivity index (χ0) is 14.5. The molecule has 104 valence electrons. The Morgan fingerprint density at radius 3 is 2.68 bits per heavy atom. The maximum absolute atomic E-state index is 12.4. The number of carbonyl (C=O) groups is 2. The van der Waals surface area contributed by atoms with Crippen LogP contribution < -0.4 is 5.32 Å². The van der Waals surface area contributed by atoms with E-state index in [1.54, 1.807) is 0 Å². The van der Waals surface area contributed by atoms with Crippen molar-refractivity contribution in [1.29, 1.82) is 0 Å². The van der Waals surface area contributed by atoms with Crippen molar-refractivity contribution < 1.29 is 28.0 Å². The van der Waals surface area contributed by atoms with Crippen molar-refractivity contribution in [3.63, 3.8) is 0 Å². The highest BCUT2D eigenvalue weighted by atomic mass is 19.4. The molecular weight excluding hydrogens is 265 g/mol. The van der Waals surface area contributed by atoms with Crippen LogP contribution in [0.15, 0.2) is 24.3 Å². The number of hydrogen-bond acceptors (Lipinski definition) is 3. The number of benzene rings is 1. The van der Waals surface area contributed by atoms with Gasteiger partial charge in [-0.25, -0.2) is 5.06 Å². The van der Waals surface area contributed by atoms with Crippen LogP contribution in [-0.2, 0) is 11.0 Å². The molecule has 0 radical (unpaired) electrons. The standard InChI is InChI=1S/C11H11F3N2O3/c12-11(13,14)9-3-1-2-8(6-9)10(18)15-4-5-16(19)7-17/h1-3,6-7,19H,4-5H2,(H,15,18). The topological polar surface area (TPSA) is 69.6 Å². The molecule has 0 fully saturated rings. The van der Waals surface area contributed by atoms with Crippen molar-refractivity contribution in [3.05, 3.63) is 35.4 Å². The average molecular weight is 276 g/mol. The molecule has 1 rings (SSSR count). The molecule has 0 saturated heterocycles. The molecule has 0 heterocycles. The lowest BCUT2D eigenvalue weighted by atomic mass is 10.1. The Morgan fingerprint density at radius 2 is 2.11 bits per heavy atom. The van der Waals surface area contributed by atoms with Gasteiger partial charge in [0.1, 0.15) is 0 Å². The first-order valence-electron chi connectivity index (χ1n) is 5.21. The van der Waals surface area contributed by atoms with E-state index in [1.807, 2.05) is 0 Å². The molecule has 1 aromatic rings. The molecule has 0 aromatic heterocycles. The SMILES string of the molecule is O=CN(O)CCNC(=O)c1cccc(C(F)(F)F)c1. The smallest absolute Gasteiger partial charge is 0.350 e. The minimum atomic E-state index is -4.52. The molecule has 0 unspecified atom stereocenters. The maximum Gasteiger partial charge on any atom is 0.416 e. The van der Waals surface area contributed by atoms with Crippen molar-refractivity contribution in [2.24, 2.45) is 0 Å². The van der Waals surface area contributed by atoms with Crippen LogP contribution in [0.4, 0.5) is 13.2 Å². The quantitative estimate of drug-likeness (QED) is 0.483. The lowest BCUT2D eigenvalue weighted by Crippen LogP contribution is -2.32. The summed E-state index contributed by atoms with van der Waals surface area (Å²) in [5.41, 5.74) is -1.07. The van der Waals surface area contributed by atoms with Gasteiger partial charge >= 0.3 is 6.18 Å². The minimum absolute atomic E-state index is 0.0790. The van der Waals surface area contributed by atoms with Gasteiger partial charge < -0.3 is 5.32 Å². The lowest BCUT2D eigenvalue weighted by molar-refractivity contribution is -0.149. The Morgan fingerprint density at radius 1 is 1.42 bits per heavy atom. The van der Waals surface area contributed by atoms with E-state index in [0.29, 0.717) is 5.06 Å². The van der Waals surface area contributed by atoms with Gasteiger partial charge in [-0.05, 0) is 18.2 Å². The molecule has 19 heavy (non-hydrogen) atoms. The Balaban J connectivity index is 2.65. The molecule has 0 bridgehead atoms. The van der Waals surface area contributed by atoms with Crippen molar-refractivity contribution in [3.8, 4) is 0 Å². The summed E-state index contributed by atoms with van der Waals surface area (Å²) in [6, 6.07) is 3.95. The van der Waals surface area contributed by atoms with Crippen LogP contribution in [-0.4, -0.2) is 35.7 Å². The molecule has 0 aliphatic carbocycles. The molecule has 2 amide bonds. The highest BCUT2D eigenvalue weighted by Gasteiger charge is 2.30. The van der Waals surface area contributed by atoms with Crippen LogP contribution in [0.5, 0.6) is 0 Å².